The van der Waals surface area contributed by atoms with E-state index < -0.39 is 4.92 Å². The summed E-state index contributed by atoms with van der Waals surface area (Å²) in [6.07, 6.45) is 0. The predicted molar refractivity (Wildman–Crippen MR) is 104 cm³/mol. The van der Waals surface area contributed by atoms with E-state index in [1.54, 1.807) is 31.2 Å². The van der Waals surface area contributed by atoms with Crippen molar-refractivity contribution in [3.8, 4) is 0 Å². The zero-order valence-electron chi connectivity index (χ0n) is 14.3. The lowest BCUT2D eigenvalue weighted by Gasteiger charge is -2.20. The van der Waals surface area contributed by atoms with Crippen molar-refractivity contribution < 1.29 is 9.72 Å². The predicted octanol–water partition coefficient (Wildman–Crippen LogP) is 3.26. The van der Waals surface area contributed by atoms with Crippen molar-refractivity contribution in [3.05, 3.63) is 78.8 Å². The number of aromatic amines is 1. The van der Waals surface area contributed by atoms with Gasteiger partial charge in [0.1, 0.15) is 5.82 Å². The summed E-state index contributed by atoms with van der Waals surface area (Å²) in [4.78, 5) is 44.0. The second-order valence-corrected chi connectivity index (χ2v) is 6.63. The Morgan fingerprint density at radius 2 is 2.04 bits per heavy atom. The highest BCUT2D eigenvalue weighted by Gasteiger charge is 2.20. The molecule has 0 atom stereocenters. The van der Waals surface area contributed by atoms with Gasteiger partial charge in [-0.3, -0.25) is 19.7 Å². The fraction of sp³-hybridized carbons (Fsp3) is 0.167. The summed E-state index contributed by atoms with van der Waals surface area (Å²) in [6, 6.07) is 11.1. The van der Waals surface area contributed by atoms with Gasteiger partial charge in [0.25, 0.3) is 17.2 Å². The molecule has 0 saturated carbocycles. The number of fused-ring (bicyclic) bond motifs is 1. The van der Waals surface area contributed by atoms with Gasteiger partial charge in [0, 0.05) is 18.2 Å². The van der Waals surface area contributed by atoms with Crippen molar-refractivity contribution in [3.63, 3.8) is 0 Å². The number of hydrogen-bond donors (Lipinski definition) is 1. The molecule has 3 rings (SSSR count). The van der Waals surface area contributed by atoms with Crippen molar-refractivity contribution in [2.24, 2.45) is 0 Å². The average molecular weight is 431 g/mol. The van der Waals surface area contributed by atoms with E-state index in [-0.39, 0.29) is 29.3 Å². The van der Waals surface area contributed by atoms with Crippen molar-refractivity contribution in [2.75, 3.05) is 6.54 Å². The lowest BCUT2D eigenvalue weighted by molar-refractivity contribution is -0.385. The van der Waals surface area contributed by atoms with E-state index in [2.05, 4.69) is 25.9 Å². The van der Waals surface area contributed by atoms with Gasteiger partial charge in [-0.05, 0) is 47.1 Å². The average Bonchev–Trinajstić information content (AvgIpc) is 2.66. The van der Waals surface area contributed by atoms with E-state index >= 15 is 0 Å². The minimum Gasteiger partial charge on any atom is -0.331 e. The standard InChI is InChI=1S/C18H15BrN4O4/c1-2-22(18(25)11-7-8-13(19)15(9-11)23(26)27)10-16-20-14-6-4-3-5-12(14)17(24)21-16/h3-9H,2,10H2,1H3,(H,20,21,24). The first-order valence-electron chi connectivity index (χ1n) is 8.12. The Balaban J connectivity index is 1.92. The molecule has 0 aliphatic rings. The molecule has 0 unspecified atom stereocenters. The van der Waals surface area contributed by atoms with E-state index in [1.807, 2.05) is 0 Å². The third-order valence-electron chi connectivity index (χ3n) is 4.06. The molecule has 3 aromatic rings. The van der Waals surface area contributed by atoms with Crippen LogP contribution in [-0.4, -0.2) is 32.2 Å². The Morgan fingerprint density at radius 3 is 2.74 bits per heavy atom. The molecule has 0 fully saturated rings. The van der Waals surface area contributed by atoms with Gasteiger partial charge >= 0.3 is 0 Å². The van der Waals surface area contributed by atoms with E-state index in [0.717, 1.165) is 0 Å². The van der Waals surface area contributed by atoms with Gasteiger partial charge in [-0.1, -0.05) is 12.1 Å². The van der Waals surface area contributed by atoms with Crippen LogP contribution in [0.15, 0.2) is 51.7 Å². The number of amides is 1. The number of hydrogen-bond acceptors (Lipinski definition) is 5. The fourth-order valence-electron chi connectivity index (χ4n) is 2.69. The molecule has 138 valence electrons. The number of rotatable bonds is 5. The van der Waals surface area contributed by atoms with Crippen LogP contribution in [0.1, 0.15) is 23.1 Å². The Labute approximate surface area is 162 Å². The summed E-state index contributed by atoms with van der Waals surface area (Å²) < 4.78 is 0.299. The first-order chi connectivity index (χ1) is 12.9. The molecule has 8 nitrogen and oxygen atoms in total. The van der Waals surface area contributed by atoms with Crippen molar-refractivity contribution >= 4 is 38.4 Å². The van der Waals surface area contributed by atoms with Crippen LogP contribution in [0.3, 0.4) is 0 Å². The van der Waals surface area contributed by atoms with Crippen LogP contribution in [0.5, 0.6) is 0 Å². The minimum absolute atomic E-state index is 0.0826. The molecule has 1 amide bonds. The van der Waals surface area contributed by atoms with Crippen molar-refractivity contribution in [1.29, 1.82) is 0 Å². The van der Waals surface area contributed by atoms with Crippen LogP contribution in [0.25, 0.3) is 10.9 Å². The van der Waals surface area contributed by atoms with Gasteiger partial charge in [-0.15, -0.1) is 0 Å². The maximum absolute atomic E-state index is 12.8. The number of H-pyrrole nitrogens is 1. The lowest BCUT2D eigenvalue weighted by Crippen LogP contribution is -2.32. The van der Waals surface area contributed by atoms with Crippen molar-refractivity contribution in [1.82, 2.24) is 14.9 Å². The second kappa shape index (κ2) is 7.67. The Morgan fingerprint density at radius 1 is 1.30 bits per heavy atom. The summed E-state index contributed by atoms with van der Waals surface area (Å²) >= 11 is 3.10. The van der Waals surface area contributed by atoms with Crippen LogP contribution < -0.4 is 5.56 Å². The topological polar surface area (TPSA) is 109 Å². The molecule has 2 aromatic carbocycles. The largest absolute Gasteiger partial charge is 0.331 e. The van der Waals surface area contributed by atoms with Crippen LogP contribution in [0.2, 0.25) is 0 Å². The first-order valence-corrected chi connectivity index (χ1v) is 8.91. The summed E-state index contributed by atoms with van der Waals surface area (Å²) in [5.74, 6) is -0.0376. The van der Waals surface area contributed by atoms with E-state index in [9.17, 15) is 19.7 Å². The number of nitro groups is 1. The molecule has 1 heterocycles. The third-order valence-corrected chi connectivity index (χ3v) is 4.73. The lowest BCUT2D eigenvalue weighted by atomic mass is 10.1. The van der Waals surface area contributed by atoms with Crippen LogP contribution in [0.4, 0.5) is 5.69 Å². The number of para-hydroxylation sites is 1. The van der Waals surface area contributed by atoms with E-state index in [0.29, 0.717) is 27.7 Å². The smallest absolute Gasteiger partial charge is 0.284 e. The molecule has 0 radical (unpaired) electrons. The third kappa shape index (κ3) is 3.87. The maximum Gasteiger partial charge on any atom is 0.284 e. The number of nitrogens with one attached hydrogen (secondary N) is 1. The van der Waals surface area contributed by atoms with Gasteiger partial charge in [0.2, 0.25) is 0 Å². The Hall–Kier alpha value is -3.07. The second-order valence-electron chi connectivity index (χ2n) is 5.77. The van der Waals surface area contributed by atoms with Crippen LogP contribution in [0, 0.1) is 10.1 Å². The number of nitro benzene ring substituents is 1. The number of carbonyl (C=O) groups is 1. The quantitative estimate of drug-likeness (QED) is 0.493. The molecular weight excluding hydrogens is 416 g/mol. The highest BCUT2D eigenvalue weighted by molar-refractivity contribution is 9.10. The number of halogens is 1. The number of nitrogens with zero attached hydrogens (tertiary/aromatic N) is 3. The molecular formula is C18H15BrN4O4. The Kier molecular flexibility index (Phi) is 5.31. The molecule has 1 N–H and O–H groups in total. The van der Waals surface area contributed by atoms with Gasteiger partial charge in [-0.2, -0.15) is 0 Å². The van der Waals surface area contributed by atoms with Crippen LogP contribution >= 0.6 is 15.9 Å². The molecule has 9 heteroatoms. The molecule has 0 aliphatic heterocycles. The fourth-order valence-corrected chi connectivity index (χ4v) is 3.08. The summed E-state index contributed by atoms with van der Waals surface area (Å²) in [5.41, 5.74) is 0.265. The number of benzene rings is 2. The summed E-state index contributed by atoms with van der Waals surface area (Å²) in [5, 5.41) is 11.6. The number of carbonyl (C=O) groups excluding carboxylic acids is 1. The Bertz CT molecular complexity index is 1100. The van der Waals surface area contributed by atoms with Gasteiger partial charge in [-0.25, -0.2) is 4.98 Å². The molecule has 0 spiro atoms. The van der Waals surface area contributed by atoms with Crippen LogP contribution in [-0.2, 0) is 6.54 Å². The molecule has 27 heavy (non-hydrogen) atoms. The molecule has 0 saturated heterocycles. The highest BCUT2D eigenvalue weighted by Crippen LogP contribution is 2.26. The molecule has 0 bridgehead atoms. The van der Waals surface area contributed by atoms with E-state index in [4.69, 9.17) is 0 Å². The maximum atomic E-state index is 12.8. The summed E-state index contributed by atoms with van der Waals surface area (Å²) in [6.45, 7) is 2.21. The van der Waals surface area contributed by atoms with Crippen molar-refractivity contribution in [2.45, 2.75) is 13.5 Å². The number of aromatic nitrogens is 2. The highest BCUT2D eigenvalue weighted by atomic mass is 79.9. The summed E-state index contributed by atoms with van der Waals surface area (Å²) in [7, 11) is 0. The normalized spacial score (nSPS) is 10.7. The van der Waals surface area contributed by atoms with E-state index in [1.165, 1.54) is 23.1 Å². The van der Waals surface area contributed by atoms with Gasteiger partial charge in [0.15, 0.2) is 0 Å². The monoisotopic (exact) mass is 430 g/mol. The molecule has 0 aliphatic carbocycles. The van der Waals surface area contributed by atoms with Gasteiger partial charge in [0.05, 0.1) is 26.8 Å². The minimum atomic E-state index is -0.556. The SMILES string of the molecule is CCN(Cc1nc2ccccc2c(=O)[nH]1)C(=O)c1ccc(Br)c([N+](=O)[O-])c1. The first kappa shape index (κ1) is 18.7. The zero-order chi connectivity index (χ0) is 19.6. The zero-order valence-corrected chi connectivity index (χ0v) is 15.9. The molecule has 1 aromatic heterocycles. The van der Waals surface area contributed by atoms with Gasteiger partial charge < -0.3 is 9.88 Å².